The SMILES string of the molecule is NC1(C(CCc2ccccc2)C(=O)O)CCCc2ccccc2N(CCCC(=O)O)C1=O. The van der Waals surface area contributed by atoms with Gasteiger partial charge in [-0.3, -0.25) is 14.4 Å². The Hall–Kier alpha value is -3.19. The number of hydrogen-bond acceptors (Lipinski definition) is 4. The smallest absolute Gasteiger partial charge is 0.308 e. The zero-order valence-corrected chi connectivity index (χ0v) is 18.1. The first-order valence-electron chi connectivity index (χ1n) is 11.0. The highest BCUT2D eigenvalue weighted by Gasteiger charge is 2.48. The van der Waals surface area contributed by atoms with Crippen molar-refractivity contribution in [2.75, 3.05) is 11.4 Å². The number of carboxylic acid groups (broad SMARTS) is 2. The van der Waals surface area contributed by atoms with E-state index < -0.39 is 29.3 Å². The summed E-state index contributed by atoms with van der Waals surface area (Å²) >= 11 is 0. The van der Waals surface area contributed by atoms with Gasteiger partial charge < -0.3 is 20.8 Å². The number of carbonyl (C=O) groups is 3. The maximum absolute atomic E-state index is 13.8. The molecule has 1 amide bonds. The van der Waals surface area contributed by atoms with Gasteiger partial charge >= 0.3 is 11.9 Å². The Morgan fingerprint density at radius 1 is 1.06 bits per heavy atom. The largest absolute Gasteiger partial charge is 0.481 e. The fourth-order valence-corrected chi connectivity index (χ4v) is 4.52. The van der Waals surface area contributed by atoms with Crippen LogP contribution in [0.15, 0.2) is 54.6 Å². The number of aliphatic carboxylic acids is 2. The number of nitrogens with two attached hydrogens (primary N) is 1. The van der Waals surface area contributed by atoms with Crippen LogP contribution in [0, 0.1) is 5.92 Å². The molecule has 0 saturated heterocycles. The standard InChI is InChI=1S/C25H30N2O5/c26-25(20(23(30)31)15-14-18-8-2-1-3-9-18)16-6-11-19-10-4-5-12-21(19)27(24(25)32)17-7-13-22(28)29/h1-5,8-10,12,20H,6-7,11,13-17,26H2,(H,28,29)(H,30,31). The summed E-state index contributed by atoms with van der Waals surface area (Å²) in [6, 6.07) is 17.0. The molecule has 4 N–H and O–H groups in total. The van der Waals surface area contributed by atoms with Gasteiger partial charge in [-0.1, -0.05) is 48.5 Å². The zero-order chi connectivity index (χ0) is 23.1. The quantitative estimate of drug-likeness (QED) is 0.553. The molecule has 0 spiro atoms. The van der Waals surface area contributed by atoms with Crippen LogP contribution in [-0.4, -0.2) is 40.1 Å². The Morgan fingerprint density at radius 2 is 1.75 bits per heavy atom. The fourth-order valence-electron chi connectivity index (χ4n) is 4.52. The number of para-hydroxylation sites is 1. The summed E-state index contributed by atoms with van der Waals surface area (Å²) in [6.45, 7) is 0.173. The van der Waals surface area contributed by atoms with Gasteiger partial charge in [0, 0.05) is 18.7 Å². The van der Waals surface area contributed by atoms with Gasteiger partial charge in [-0.05, 0) is 55.7 Å². The van der Waals surface area contributed by atoms with Gasteiger partial charge in [0.1, 0.15) is 5.54 Å². The van der Waals surface area contributed by atoms with Crippen LogP contribution in [0.4, 0.5) is 5.69 Å². The summed E-state index contributed by atoms with van der Waals surface area (Å²) in [5.74, 6) is -3.53. The van der Waals surface area contributed by atoms with Gasteiger partial charge in [0.2, 0.25) is 5.91 Å². The predicted octanol–water partition coefficient (Wildman–Crippen LogP) is 3.25. The van der Waals surface area contributed by atoms with E-state index in [1.165, 1.54) is 4.90 Å². The van der Waals surface area contributed by atoms with Gasteiger partial charge in [-0.25, -0.2) is 0 Å². The van der Waals surface area contributed by atoms with Crippen molar-refractivity contribution in [3.05, 3.63) is 65.7 Å². The molecule has 0 saturated carbocycles. The number of carboxylic acids is 2. The minimum atomic E-state index is -1.57. The highest BCUT2D eigenvalue weighted by molar-refractivity contribution is 6.03. The highest BCUT2D eigenvalue weighted by Crippen LogP contribution is 2.35. The van der Waals surface area contributed by atoms with Crippen LogP contribution in [0.2, 0.25) is 0 Å². The normalized spacial score (nSPS) is 19.5. The molecule has 2 atom stereocenters. The Kier molecular flexibility index (Phi) is 7.64. The summed E-state index contributed by atoms with van der Waals surface area (Å²) in [6.07, 6.45) is 2.43. The summed E-state index contributed by atoms with van der Waals surface area (Å²) in [7, 11) is 0. The second-order valence-electron chi connectivity index (χ2n) is 8.39. The molecule has 170 valence electrons. The minimum Gasteiger partial charge on any atom is -0.481 e. The lowest BCUT2D eigenvalue weighted by molar-refractivity contribution is -0.148. The summed E-state index contributed by atoms with van der Waals surface area (Å²) < 4.78 is 0. The highest BCUT2D eigenvalue weighted by atomic mass is 16.4. The van der Waals surface area contributed by atoms with Gasteiger partial charge in [0.15, 0.2) is 0 Å². The molecule has 2 unspecified atom stereocenters. The second kappa shape index (κ2) is 10.4. The molecule has 7 heteroatoms. The molecule has 2 aromatic rings. The summed E-state index contributed by atoms with van der Waals surface area (Å²) in [4.78, 5) is 38.6. The topological polar surface area (TPSA) is 121 Å². The van der Waals surface area contributed by atoms with Crippen LogP contribution in [0.25, 0.3) is 0 Å². The Labute approximate surface area is 187 Å². The minimum absolute atomic E-state index is 0.0834. The molecule has 32 heavy (non-hydrogen) atoms. The lowest BCUT2D eigenvalue weighted by Gasteiger charge is -2.40. The summed E-state index contributed by atoms with van der Waals surface area (Å²) in [5.41, 5.74) is 7.76. The van der Waals surface area contributed by atoms with Crippen LogP contribution in [0.3, 0.4) is 0 Å². The molecule has 0 bridgehead atoms. The molecule has 0 aliphatic carbocycles. The van der Waals surface area contributed by atoms with E-state index in [2.05, 4.69) is 0 Å². The van der Waals surface area contributed by atoms with Crippen molar-refractivity contribution in [2.45, 2.75) is 50.5 Å². The molecule has 7 nitrogen and oxygen atoms in total. The van der Waals surface area contributed by atoms with Crippen LogP contribution in [-0.2, 0) is 27.2 Å². The molecule has 1 heterocycles. The van der Waals surface area contributed by atoms with Gasteiger partial charge in [-0.15, -0.1) is 0 Å². The maximum atomic E-state index is 13.8. The van der Waals surface area contributed by atoms with Crippen molar-refractivity contribution in [2.24, 2.45) is 11.7 Å². The number of fused-ring (bicyclic) bond motifs is 1. The first kappa shape index (κ1) is 23.5. The molecule has 2 aromatic carbocycles. The van der Waals surface area contributed by atoms with E-state index in [-0.39, 0.29) is 32.2 Å². The van der Waals surface area contributed by atoms with Crippen molar-refractivity contribution in [1.29, 1.82) is 0 Å². The third-order valence-electron chi connectivity index (χ3n) is 6.22. The van der Waals surface area contributed by atoms with Gasteiger partial charge in [0.05, 0.1) is 5.92 Å². The number of carbonyl (C=O) groups excluding carboxylic acids is 1. The summed E-state index contributed by atoms with van der Waals surface area (Å²) in [5, 5.41) is 19.1. The molecule has 1 aliphatic heterocycles. The van der Waals surface area contributed by atoms with E-state index in [1.54, 1.807) is 0 Å². The fraction of sp³-hybridized carbons (Fsp3) is 0.400. The number of aryl methyl sites for hydroxylation is 2. The van der Waals surface area contributed by atoms with E-state index in [9.17, 15) is 19.5 Å². The van der Waals surface area contributed by atoms with Gasteiger partial charge in [-0.2, -0.15) is 0 Å². The average molecular weight is 439 g/mol. The zero-order valence-electron chi connectivity index (χ0n) is 18.1. The third-order valence-corrected chi connectivity index (χ3v) is 6.22. The van der Waals surface area contributed by atoms with Crippen molar-refractivity contribution in [3.63, 3.8) is 0 Å². The molecule has 0 aromatic heterocycles. The van der Waals surface area contributed by atoms with Crippen molar-refractivity contribution < 1.29 is 24.6 Å². The number of hydrogen-bond donors (Lipinski definition) is 3. The lowest BCUT2D eigenvalue weighted by atomic mass is 9.75. The molecular formula is C25H30N2O5. The predicted molar refractivity (Wildman–Crippen MR) is 121 cm³/mol. The average Bonchev–Trinajstić information content (AvgIpc) is 2.76. The molecule has 1 aliphatic rings. The van der Waals surface area contributed by atoms with E-state index in [4.69, 9.17) is 10.8 Å². The number of benzene rings is 2. The Morgan fingerprint density at radius 3 is 2.44 bits per heavy atom. The van der Waals surface area contributed by atoms with Crippen LogP contribution in [0.5, 0.6) is 0 Å². The van der Waals surface area contributed by atoms with Crippen LogP contribution >= 0.6 is 0 Å². The van der Waals surface area contributed by atoms with Crippen LogP contribution < -0.4 is 10.6 Å². The Bertz CT molecular complexity index is 962. The first-order chi connectivity index (χ1) is 15.3. The van der Waals surface area contributed by atoms with E-state index in [0.717, 1.165) is 11.1 Å². The Balaban J connectivity index is 1.92. The first-order valence-corrected chi connectivity index (χ1v) is 11.0. The maximum Gasteiger partial charge on any atom is 0.308 e. The molecule has 0 fully saturated rings. The van der Waals surface area contributed by atoms with Crippen molar-refractivity contribution >= 4 is 23.5 Å². The number of anilines is 1. The van der Waals surface area contributed by atoms with E-state index >= 15 is 0 Å². The van der Waals surface area contributed by atoms with Crippen LogP contribution in [0.1, 0.15) is 43.2 Å². The molecule has 0 radical (unpaired) electrons. The number of nitrogens with zero attached hydrogens (tertiary/aromatic N) is 1. The number of rotatable bonds is 9. The van der Waals surface area contributed by atoms with E-state index in [0.29, 0.717) is 24.9 Å². The van der Waals surface area contributed by atoms with Gasteiger partial charge in [0.25, 0.3) is 0 Å². The van der Waals surface area contributed by atoms with Crippen molar-refractivity contribution in [3.8, 4) is 0 Å². The van der Waals surface area contributed by atoms with E-state index in [1.807, 2.05) is 54.6 Å². The second-order valence-corrected chi connectivity index (χ2v) is 8.39. The third kappa shape index (κ3) is 5.34. The monoisotopic (exact) mass is 438 g/mol. The molecular weight excluding hydrogens is 408 g/mol. The number of amides is 1. The lowest BCUT2D eigenvalue weighted by Crippen LogP contribution is -2.62. The van der Waals surface area contributed by atoms with Crippen molar-refractivity contribution in [1.82, 2.24) is 0 Å². The molecule has 3 rings (SSSR count).